The summed E-state index contributed by atoms with van der Waals surface area (Å²) in [5, 5.41) is 7.86. The van der Waals surface area contributed by atoms with Gasteiger partial charge in [-0.25, -0.2) is 4.39 Å². The Kier molecular flexibility index (Phi) is 5.15. The molecule has 0 aliphatic rings. The van der Waals surface area contributed by atoms with E-state index in [1.54, 1.807) is 6.07 Å². The second kappa shape index (κ2) is 6.67. The molecule has 0 aliphatic carbocycles. The van der Waals surface area contributed by atoms with Crippen LogP contribution in [0.1, 0.15) is 37.2 Å². The van der Waals surface area contributed by atoms with E-state index in [9.17, 15) is 4.39 Å². The lowest BCUT2D eigenvalue weighted by Gasteiger charge is -2.17. The number of likely N-dealkylation sites (N-methyl/N-ethyl adjacent to an activating group) is 1. The van der Waals surface area contributed by atoms with E-state index in [-0.39, 0.29) is 11.9 Å². The number of hydrogen-bond acceptors (Lipinski definition) is 2. The van der Waals surface area contributed by atoms with Crippen LogP contribution in [0.15, 0.2) is 30.5 Å². The molecule has 1 unspecified atom stereocenters. The zero-order valence-electron chi connectivity index (χ0n) is 11.9. The summed E-state index contributed by atoms with van der Waals surface area (Å²) in [6.45, 7) is 4.21. The van der Waals surface area contributed by atoms with Crippen LogP contribution in [-0.4, -0.2) is 16.8 Å². The number of rotatable bonds is 5. The van der Waals surface area contributed by atoms with Crippen molar-refractivity contribution in [3.05, 3.63) is 51.1 Å². The quantitative estimate of drug-likeness (QED) is 0.793. The minimum Gasteiger partial charge on any atom is -0.313 e. The summed E-state index contributed by atoms with van der Waals surface area (Å²) >= 11 is 2.18. The lowest BCUT2D eigenvalue weighted by Crippen LogP contribution is -2.20. The van der Waals surface area contributed by atoms with Crippen LogP contribution in [0.3, 0.4) is 0 Å². The van der Waals surface area contributed by atoms with Crippen molar-refractivity contribution in [1.29, 1.82) is 0 Å². The molecule has 0 saturated heterocycles. The number of aromatic nitrogens is 2. The van der Waals surface area contributed by atoms with Gasteiger partial charge >= 0.3 is 0 Å². The van der Waals surface area contributed by atoms with Crippen molar-refractivity contribution in [2.45, 2.75) is 32.4 Å². The van der Waals surface area contributed by atoms with Gasteiger partial charge in [-0.2, -0.15) is 5.10 Å². The Labute approximate surface area is 132 Å². The standard InChI is InChI=1S/C15H19FIN3/c1-10(2)20-7-6-12(19-20)9-15(18-3)13-5-4-11(16)8-14(13)17/h4-8,10,15,18H,9H2,1-3H3. The predicted octanol–water partition coefficient (Wildman–Crippen LogP) is 3.71. The lowest BCUT2D eigenvalue weighted by molar-refractivity contribution is 0.514. The van der Waals surface area contributed by atoms with Crippen molar-refractivity contribution in [3.8, 4) is 0 Å². The maximum Gasteiger partial charge on any atom is 0.124 e. The highest BCUT2D eigenvalue weighted by atomic mass is 127. The molecule has 0 spiro atoms. The van der Waals surface area contributed by atoms with E-state index >= 15 is 0 Å². The number of benzene rings is 1. The summed E-state index contributed by atoms with van der Waals surface area (Å²) in [5.41, 5.74) is 2.15. The summed E-state index contributed by atoms with van der Waals surface area (Å²) in [6, 6.07) is 7.46. The highest BCUT2D eigenvalue weighted by Crippen LogP contribution is 2.24. The van der Waals surface area contributed by atoms with Crippen LogP contribution in [0.2, 0.25) is 0 Å². The monoisotopic (exact) mass is 387 g/mol. The van der Waals surface area contributed by atoms with Gasteiger partial charge in [-0.3, -0.25) is 4.68 Å². The minimum atomic E-state index is -0.197. The van der Waals surface area contributed by atoms with Gasteiger partial charge in [0, 0.05) is 28.3 Å². The highest BCUT2D eigenvalue weighted by molar-refractivity contribution is 14.1. The van der Waals surface area contributed by atoms with Gasteiger partial charge in [-0.1, -0.05) is 6.07 Å². The normalized spacial score (nSPS) is 12.9. The first kappa shape index (κ1) is 15.4. The maximum absolute atomic E-state index is 13.2. The molecule has 2 rings (SSSR count). The molecule has 3 nitrogen and oxygen atoms in total. The van der Waals surface area contributed by atoms with E-state index in [1.165, 1.54) is 6.07 Å². The SMILES string of the molecule is CNC(Cc1ccn(C(C)C)n1)c1ccc(F)cc1I. The molecule has 5 heteroatoms. The Bertz CT molecular complexity index is 580. The highest BCUT2D eigenvalue weighted by Gasteiger charge is 2.15. The van der Waals surface area contributed by atoms with Gasteiger partial charge < -0.3 is 5.32 Å². The Hall–Kier alpha value is -0.950. The van der Waals surface area contributed by atoms with Crippen LogP contribution >= 0.6 is 22.6 Å². The molecule has 0 fully saturated rings. The Morgan fingerprint density at radius 3 is 2.65 bits per heavy atom. The third kappa shape index (κ3) is 3.58. The molecule has 1 aromatic heterocycles. The first-order valence-corrected chi connectivity index (χ1v) is 7.75. The number of nitrogens with zero attached hydrogens (tertiary/aromatic N) is 2. The topological polar surface area (TPSA) is 29.9 Å². The lowest BCUT2D eigenvalue weighted by atomic mass is 10.0. The van der Waals surface area contributed by atoms with Gasteiger partial charge in [-0.05, 0) is 67.2 Å². The average molecular weight is 387 g/mol. The van der Waals surface area contributed by atoms with Crippen LogP contribution in [0.4, 0.5) is 4.39 Å². The van der Waals surface area contributed by atoms with E-state index in [0.717, 1.165) is 21.2 Å². The summed E-state index contributed by atoms with van der Waals surface area (Å²) in [6.07, 6.45) is 2.79. The second-order valence-corrected chi connectivity index (χ2v) is 6.25. The molecule has 2 aromatic rings. The van der Waals surface area contributed by atoms with Gasteiger partial charge in [0.2, 0.25) is 0 Å². The summed E-state index contributed by atoms with van der Waals surface area (Å²) in [5.74, 6) is -0.197. The Balaban J connectivity index is 2.19. The smallest absolute Gasteiger partial charge is 0.124 e. The molecule has 1 atom stereocenters. The predicted molar refractivity (Wildman–Crippen MR) is 87.2 cm³/mol. The van der Waals surface area contributed by atoms with Crippen LogP contribution in [0, 0.1) is 9.39 Å². The second-order valence-electron chi connectivity index (χ2n) is 5.09. The van der Waals surface area contributed by atoms with Crippen molar-refractivity contribution in [3.63, 3.8) is 0 Å². The molecule has 1 aromatic carbocycles. The van der Waals surface area contributed by atoms with Crippen molar-refractivity contribution in [2.75, 3.05) is 7.05 Å². The van der Waals surface area contributed by atoms with Crippen molar-refractivity contribution >= 4 is 22.6 Å². The third-order valence-electron chi connectivity index (χ3n) is 3.29. The van der Waals surface area contributed by atoms with Gasteiger partial charge in [0.15, 0.2) is 0 Å². The van der Waals surface area contributed by atoms with E-state index in [1.807, 2.05) is 30.1 Å². The van der Waals surface area contributed by atoms with Crippen LogP contribution in [-0.2, 0) is 6.42 Å². The van der Waals surface area contributed by atoms with Crippen molar-refractivity contribution in [1.82, 2.24) is 15.1 Å². The molecule has 0 amide bonds. The van der Waals surface area contributed by atoms with E-state index in [0.29, 0.717) is 6.04 Å². The first-order chi connectivity index (χ1) is 9.51. The summed E-state index contributed by atoms with van der Waals surface area (Å²) < 4.78 is 16.1. The van der Waals surface area contributed by atoms with Crippen molar-refractivity contribution in [2.24, 2.45) is 0 Å². The molecular formula is C15H19FIN3. The van der Waals surface area contributed by atoms with Gasteiger partial charge in [-0.15, -0.1) is 0 Å². The molecule has 20 heavy (non-hydrogen) atoms. The molecule has 0 aliphatic heterocycles. The molecule has 0 saturated carbocycles. The molecule has 0 bridgehead atoms. The van der Waals surface area contributed by atoms with Gasteiger partial charge in [0.25, 0.3) is 0 Å². The van der Waals surface area contributed by atoms with Crippen LogP contribution in [0.5, 0.6) is 0 Å². The van der Waals surface area contributed by atoms with E-state index < -0.39 is 0 Å². The fraction of sp³-hybridized carbons (Fsp3) is 0.400. The summed E-state index contributed by atoms with van der Waals surface area (Å²) in [4.78, 5) is 0. The molecule has 1 heterocycles. The van der Waals surface area contributed by atoms with Gasteiger partial charge in [0.05, 0.1) is 5.69 Å². The fourth-order valence-corrected chi connectivity index (χ4v) is 2.99. The molecule has 0 radical (unpaired) electrons. The minimum absolute atomic E-state index is 0.137. The number of halogens is 2. The molecule has 108 valence electrons. The number of hydrogen-bond donors (Lipinski definition) is 1. The zero-order valence-corrected chi connectivity index (χ0v) is 14.1. The third-order valence-corrected chi connectivity index (χ3v) is 4.23. The van der Waals surface area contributed by atoms with Gasteiger partial charge in [0.1, 0.15) is 5.82 Å². The van der Waals surface area contributed by atoms with Crippen LogP contribution in [0.25, 0.3) is 0 Å². The fourth-order valence-electron chi connectivity index (χ4n) is 2.13. The summed E-state index contributed by atoms with van der Waals surface area (Å²) in [7, 11) is 1.92. The van der Waals surface area contributed by atoms with E-state index in [4.69, 9.17) is 0 Å². The Morgan fingerprint density at radius 1 is 1.35 bits per heavy atom. The first-order valence-electron chi connectivity index (χ1n) is 6.67. The van der Waals surface area contributed by atoms with E-state index in [2.05, 4.69) is 46.9 Å². The van der Waals surface area contributed by atoms with Crippen LogP contribution < -0.4 is 5.32 Å². The largest absolute Gasteiger partial charge is 0.313 e. The maximum atomic E-state index is 13.2. The Morgan fingerprint density at radius 2 is 2.10 bits per heavy atom. The van der Waals surface area contributed by atoms with Crippen molar-refractivity contribution < 1.29 is 4.39 Å². The number of nitrogens with one attached hydrogen (secondary N) is 1. The average Bonchev–Trinajstić information content (AvgIpc) is 2.85. The molecular weight excluding hydrogens is 368 g/mol. The molecule has 1 N–H and O–H groups in total. The zero-order chi connectivity index (χ0) is 14.7.